The van der Waals surface area contributed by atoms with Crippen LogP contribution in [0.2, 0.25) is 0 Å². The number of benzene rings is 2. The Kier molecular flexibility index (Phi) is 2.79. The van der Waals surface area contributed by atoms with Crippen LogP contribution in [0.3, 0.4) is 0 Å². The summed E-state index contributed by atoms with van der Waals surface area (Å²) in [6.07, 6.45) is 3.57. The quantitative estimate of drug-likeness (QED) is 0.525. The lowest BCUT2D eigenvalue weighted by Crippen LogP contribution is -2.22. The Hall–Kier alpha value is -3.47. The molecule has 5 rings (SSSR count). The van der Waals surface area contributed by atoms with E-state index in [0.717, 1.165) is 38.6 Å². The van der Waals surface area contributed by atoms with E-state index in [1.807, 2.05) is 42.6 Å². The van der Waals surface area contributed by atoms with Crippen LogP contribution >= 0.6 is 0 Å². The maximum atomic E-state index is 11.9. The molecule has 119 valence electrons. The Morgan fingerprint density at radius 2 is 1.72 bits per heavy atom. The van der Waals surface area contributed by atoms with E-state index in [-0.39, 0.29) is 6.03 Å². The average Bonchev–Trinajstić information content (AvgIpc) is 2.95. The smallest absolute Gasteiger partial charge is 0.292 e. The normalized spacial score (nSPS) is 13.3. The minimum absolute atomic E-state index is 0.262. The first kappa shape index (κ1) is 13.9. The van der Waals surface area contributed by atoms with Crippen LogP contribution in [0.4, 0.5) is 16.2 Å². The molecule has 1 aliphatic rings. The third-order valence-electron chi connectivity index (χ3n) is 4.60. The van der Waals surface area contributed by atoms with Gasteiger partial charge in [0.05, 0.1) is 22.9 Å². The monoisotopic (exact) mass is 325 g/mol. The molecule has 5 nitrogen and oxygen atoms in total. The number of aromatic nitrogens is 2. The molecule has 0 aliphatic carbocycles. The summed E-state index contributed by atoms with van der Waals surface area (Å²) in [6, 6.07) is 15.9. The van der Waals surface area contributed by atoms with Gasteiger partial charge >= 0.3 is 6.03 Å². The predicted molar refractivity (Wildman–Crippen MR) is 98.1 cm³/mol. The summed E-state index contributed by atoms with van der Waals surface area (Å²) in [5.74, 6) is 0. The fraction of sp³-hybridized carbons (Fsp3) is 0.0500. The fourth-order valence-electron chi connectivity index (χ4n) is 3.21. The zero-order chi connectivity index (χ0) is 17.0. The number of hydrogen-bond donors (Lipinski definition) is 0. The molecule has 0 N–H and O–H groups in total. The van der Waals surface area contributed by atoms with Crippen molar-refractivity contribution in [1.82, 2.24) is 15.3 Å². The van der Waals surface area contributed by atoms with Gasteiger partial charge in [-0.2, -0.15) is 5.32 Å². The molecule has 0 saturated heterocycles. The maximum Gasteiger partial charge on any atom is 0.348 e. The molecule has 4 aromatic rings. The third kappa shape index (κ3) is 2.06. The minimum atomic E-state index is -0.262. The number of amides is 2. The van der Waals surface area contributed by atoms with E-state index in [2.05, 4.69) is 27.4 Å². The van der Waals surface area contributed by atoms with E-state index < -0.39 is 0 Å². The van der Waals surface area contributed by atoms with Crippen molar-refractivity contribution in [2.45, 2.75) is 0 Å². The van der Waals surface area contributed by atoms with Crippen LogP contribution in [0.1, 0.15) is 0 Å². The summed E-state index contributed by atoms with van der Waals surface area (Å²) < 4.78 is 0. The van der Waals surface area contributed by atoms with Gasteiger partial charge in [0, 0.05) is 29.6 Å². The summed E-state index contributed by atoms with van der Waals surface area (Å²) in [5, 5.41) is 6.15. The third-order valence-corrected chi connectivity index (χ3v) is 4.60. The van der Waals surface area contributed by atoms with Gasteiger partial charge in [-0.1, -0.05) is 24.3 Å². The van der Waals surface area contributed by atoms with Crippen molar-refractivity contribution in [3.63, 3.8) is 0 Å². The van der Waals surface area contributed by atoms with Gasteiger partial charge in [0.1, 0.15) is 5.69 Å². The van der Waals surface area contributed by atoms with Crippen LogP contribution in [0.25, 0.3) is 32.9 Å². The lowest BCUT2D eigenvalue weighted by atomic mass is 10.0. The fourth-order valence-corrected chi connectivity index (χ4v) is 3.21. The molecular formula is C20H13N4O. The highest BCUT2D eigenvalue weighted by atomic mass is 16.2. The summed E-state index contributed by atoms with van der Waals surface area (Å²) in [4.78, 5) is 22.4. The lowest BCUT2D eigenvalue weighted by molar-refractivity contribution is 0.252. The molecule has 0 saturated carbocycles. The van der Waals surface area contributed by atoms with Gasteiger partial charge in [0.25, 0.3) is 0 Å². The lowest BCUT2D eigenvalue weighted by Gasteiger charge is -2.09. The van der Waals surface area contributed by atoms with Crippen LogP contribution in [0.15, 0.2) is 60.9 Å². The molecule has 0 spiro atoms. The Morgan fingerprint density at radius 3 is 2.64 bits per heavy atom. The van der Waals surface area contributed by atoms with Gasteiger partial charge < -0.3 is 0 Å². The van der Waals surface area contributed by atoms with Gasteiger partial charge in [-0.3, -0.25) is 14.9 Å². The summed E-state index contributed by atoms with van der Waals surface area (Å²) in [7, 11) is 1.71. The van der Waals surface area contributed by atoms with E-state index in [9.17, 15) is 4.79 Å². The molecule has 1 radical (unpaired) electrons. The number of nitrogens with zero attached hydrogens (tertiary/aromatic N) is 4. The first-order chi connectivity index (χ1) is 12.2. The van der Waals surface area contributed by atoms with Crippen LogP contribution < -0.4 is 10.2 Å². The Balaban J connectivity index is 1.71. The highest BCUT2D eigenvalue weighted by Gasteiger charge is 2.28. The Labute approximate surface area is 143 Å². The number of pyridine rings is 2. The van der Waals surface area contributed by atoms with Crippen LogP contribution in [0.5, 0.6) is 0 Å². The summed E-state index contributed by atoms with van der Waals surface area (Å²) in [6.45, 7) is 0. The Morgan fingerprint density at radius 1 is 0.880 bits per heavy atom. The molecule has 0 unspecified atom stereocenters. The van der Waals surface area contributed by atoms with Crippen LogP contribution in [0, 0.1) is 0 Å². The van der Waals surface area contributed by atoms with Crippen molar-refractivity contribution in [1.29, 1.82) is 0 Å². The van der Waals surface area contributed by atoms with Gasteiger partial charge in [-0.25, -0.2) is 4.79 Å². The van der Waals surface area contributed by atoms with E-state index in [1.165, 1.54) is 4.90 Å². The van der Waals surface area contributed by atoms with E-state index >= 15 is 0 Å². The average molecular weight is 325 g/mol. The number of urea groups is 1. The van der Waals surface area contributed by atoms with Gasteiger partial charge in [0.15, 0.2) is 0 Å². The predicted octanol–water partition coefficient (Wildman–Crippen LogP) is 4.26. The number of hydrogen-bond acceptors (Lipinski definition) is 3. The van der Waals surface area contributed by atoms with Crippen molar-refractivity contribution < 1.29 is 4.79 Å². The molecule has 25 heavy (non-hydrogen) atoms. The molecule has 0 bridgehead atoms. The molecule has 3 heterocycles. The minimum Gasteiger partial charge on any atom is -0.292 e. The molecule has 2 amide bonds. The van der Waals surface area contributed by atoms with Crippen molar-refractivity contribution in [3.8, 4) is 11.1 Å². The largest absolute Gasteiger partial charge is 0.348 e. The van der Waals surface area contributed by atoms with Crippen molar-refractivity contribution >= 4 is 39.2 Å². The summed E-state index contributed by atoms with van der Waals surface area (Å²) in [5.41, 5.74) is 5.27. The molecule has 0 fully saturated rings. The molecule has 5 heteroatoms. The zero-order valence-electron chi connectivity index (χ0n) is 13.5. The molecule has 0 atom stereocenters. The second-order valence-electron chi connectivity index (χ2n) is 6.09. The van der Waals surface area contributed by atoms with E-state index in [0.29, 0.717) is 5.69 Å². The van der Waals surface area contributed by atoms with Crippen molar-refractivity contribution in [2.24, 2.45) is 0 Å². The topological polar surface area (TPSA) is 60.2 Å². The standard InChI is InChI=1S/C20H13N4O/c1-24-18-11-22-17-7-6-12(9-15(17)19(18)23-20(24)25)14-8-13-4-2-3-5-16(13)21-10-14/h2-11H,1H3. The molecule has 2 aromatic heterocycles. The van der Waals surface area contributed by atoms with E-state index in [1.54, 1.807) is 13.2 Å². The number of carbonyl (C=O) groups is 1. The molecule has 2 aromatic carbocycles. The highest BCUT2D eigenvalue weighted by molar-refractivity contribution is 6.12. The first-order valence-corrected chi connectivity index (χ1v) is 7.98. The zero-order valence-corrected chi connectivity index (χ0v) is 13.5. The van der Waals surface area contributed by atoms with Crippen LogP contribution in [-0.2, 0) is 0 Å². The van der Waals surface area contributed by atoms with Crippen molar-refractivity contribution in [2.75, 3.05) is 11.9 Å². The second-order valence-corrected chi connectivity index (χ2v) is 6.09. The molecule has 1 aliphatic heterocycles. The first-order valence-electron chi connectivity index (χ1n) is 7.98. The van der Waals surface area contributed by atoms with E-state index in [4.69, 9.17) is 0 Å². The maximum absolute atomic E-state index is 11.9. The number of fused-ring (bicyclic) bond motifs is 4. The Bertz CT molecular complexity index is 1170. The molecular weight excluding hydrogens is 312 g/mol. The number of anilines is 1. The summed E-state index contributed by atoms with van der Waals surface area (Å²) >= 11 is 0. The van der Waals surface area contributed by atoms with Gasteiger partial charge in [-0.15, -0.1) is 0 Å². The number of carbonyl (C=O) groups excluding carboxylic acids is 1. The van der Waals surface area contributed by atoms with Crippen molar-refractivity contribution in [3.05, 3.63) is 60.9 Å². The van der Waals surface area contributed by atoms with Crippen LogP contribution in [-0.4, -0.2) is 23.0 Å². The number of rotatable bonds is 1. The van der Waals surface area contributed by atoms with Gasteiger partial charge in [0.2, 0.25) is 0 Å². The SMILES string of the molecule is CN1C(=O)[N]c2c1cnc1ccc(-c3cnc4ccccc4c3)cc21. The van der Waals surface area contributed by atoms with Gasteiger partial charge in [-0.05, 0) is 29.8 Å². The number of para-hydroxylation sites is 1. The second kappa shape index (κ2) is 5.01. The highest BCUT2D eigenvalue weighted by Crippen LogP contribution is 2.38.